The summed E-state index contributed by atoms with van der Waals surface area (Å²) >= 11 is 3.56. The highest BCUT2D eigenvalue weighted by Gasteiger charge is 2.17. The Bertz CT molecular complexity index is 612. The first kappa shape index (κ1) is 16.5. The van der Waals surface area contributed by atoms with E-state index in [9.17, 15) is 0 Å². The van der Waals surface area contributed by atoms with Crippen LogP contribution in [-0.4, -0.2) is 19.3 Å². The van der Waals surface area contributed by atoms with Crippen LogP contribution in [0.25, 0.3) is 0 Å². The molecule has 3 rings (SSSR count). The molecule has 1 saturated heterocycles. The van der Waals surface area contributed by atoms with E-state index in [-0.39, 0.29) is 0 Å². The van der Waals surface area contributed by atoms with Crippen LogP contribution in [0, 0.1) is 0 Å². The summed E-state index contributed by atoms with van der Waals surface area (Å²) in [6.45, 7) is 3.44. The molecule has 1 aliphatic heterocycles. The Hall–Kier alpha value is -1.36. The number of benzene rings is 2. The molecular weight excluding hydrogens is 354 g/mol. The van der Waals surface area contributed by atoms with Gasteiger partial charge in [-0.05, 0) is 36.6 Å². The molecule has 1 heterocycles. The molecule has 0 unspecified atom stereocenters. The molecule has 0 spiro atoms. The Labute approximate surface area is 146 Å². The Morgan fingerprint density at radius 3 is 2.83 bits per heavy atom. The van der Waals surface area contributed by atoms with Gasteiger partial charge in [-0.25, -0.2) is 0 Å². The summed E-state index contributed by atoms with van der Waals surface area (Å²) in [4.78, 5) is 0. The van der Waals surface area contributed by atoms with Crippen molar-refractivity contribution in [1.82, 2.24) is 0 Å². The van der Waals surface area contributed by atoms with E-state index < -0.39 is 0 Å². The quantitative estimate of drug-likeness (QED) is 0.804. The van der Waals surface area contributed by atoms with E-state index in [1.54, 1.807) is 0 Å². The second kappa shape index (κ2) is 8.48. The molecule has 122 valence electrons. The lowest BCUT2D eigenvalue weighted by atomic mass is 10.2. The first-order valence-electron chi connectivity index (χ1n) is 8.19. The molecule has 0 aliphatic carbocycles. The van der Waals surface area contributed by atoms with Crippen molar-refractivity contribution in [2.24, 2.45) is 0 Å². The van der Waals surface area contributed by atoms with Crippen LogP contribution in [-0.2, 0) is 17.9 Å². The van der Waals surface area contributed by atoms with Crippen LogP contribution in [0.5, 0.6) is 5.75 Å². The maximum Gasteiger partial charge on any atom is 0.128 e. The minimum absolute atomic E-state index is 0.413. The number of ether oxygens (including phenoxy) is 2. The van der Waals surface area contributed by atoms with E-state index in [0.717, 1.165) is 29.9 Å². The molecule has 0 saturated carbocycles. The first-order valence-corrected chi connectivity index (χ1v) is 8.99. The zero-order chi connectivity index (χ0) is 15.9. The third-order valence-electron chi connectivity index (χ3n) is 4.08. The van der Waals surface area contributed by atoms with Crippen molar-refractivity contribution in [2.45, 2.75) is 32.1 Å². The summed E-state index contributed by atoms with van der Waals surface area (Å²) in [5, 5.41) is 2.31. The van der Waals surface area contributed by atoms with Gasteiger partial charge in [0.25, 0.3) is 0 Å². The first-order chi connectivity index (χ1) is 11.3. The van der Waals surface area contributed by atoms with Crippen LogP contribution in [0.15, 0.2) is 53.0 Å². The second-order valence-electron chi connectivity index (χ2n) is 5.89. The van der Waals surface area contributed by atoms with Gasteiger partial charge in [0.05, 0.1) is 0 Å². The minimum atomic E-state index is 0.413. The summed E-state index contributed by atoms with van der Waals surface area (Å²) in [7, 11) is 0. The molecule has 3 nitrogen and oxygen atoms in total. The third kappa shape index (κ3) is 5.06. The van der Waals surface area contributed by atoms with Gasteiger partial charge in [0, 0.05) is 16.6 Å². The maximum absolute atomic E-state index is 6.03. The van der Waals surface area contributed by atoms with Crippen molar-refractivity contribution in [3.8, 4) is 5.75 Å². The van der Waals surface area contributed by atoms with Crippen molar-refractivity contribution in [3.05, 3.63) is 64.1 Å². The fraction of sp³-hybridized carbons (Fsp3) is 0.368. The highest BCUT2D eigenvalue weighted by molar-refractivity contribution is 9.10. The van der Waals surface area contributed by atoms with Crippen molar-refractivity contribution >= 4 is 15.9 Å². The number of hydrogen-bond acceptors (Lipinski definition) is 2. The lowest BCUT2D eigenvalue weighted by Gasteiger charge is -2.13. The standard InChI is InChI=1S/C19H22BrNO2/c20-17-8-9-19(23-14-15-5-2-1-3-6-15)16(11-17)12-21-13-18-7-4-10-22-18/h1-3,5-6,8-9,11,18,21H,4,7,10,12-14H2/p+1/t18-/m0/s1. The molecule has 1 fully saturated rings. The van der Waals surface area contributed by atoms with E-state index in [1.165, 1.54) is 24.0 Å². The normalized spacial score (nSPS) is 17.3. The van der Waals surface area contributed by atoms with Gasteiger partial charge < -0.3 is 14.8 Å². The molecule has 4 heteroatoms. The largest absolute Gasteiger partial charge is 0.488 e. The van der Waals surface area contributed by atoms with Gasteiger partial charge in [-0.15, -0.1) is 0 Å². The zero-order valence-electron chi connectivity index (χ0n) is 13.2. The van der Waals surface area contributed by atoms with Gasteiger partial charge in [-0.2, -0.15) is 0 Å². The second-order valence-corrected chi connectivity index (χ2v) is 6.81. The number of quaternary nitrogens is 1. The molecule has 1 aliphatic rings. The van der Waals surface area contributed by atoms with E-state index in [0.29, 0.717) is 12.7 Å². The van der Waals surface area contributed by atoms with Crippen LogP contribution < -0.4 is 10.1 Å². The van der Waals surface area contributed by atoms with E-state index in [4.69, 9.17) is 9.47 Å². The molecule has 23 heavy (non-hydrogen) atoms. The van der Waals surface area contributed by atoms with Gasteiger partial charge in [0.1, 0.15) is 31.5 Å². The van der Waals surface area contributed by atoms with Crippen LogP contribution in [0.2, 0.25) is 0 Å². The predicted octanol–water partition coefficient (Wildman–Crippen LogP) is 3.27. The molecule has 0 bridgehead atoms. The Balaban J connectivity index is 1.58. The highest BCUT2D eigenvalue weighted by atomic mass is 79.9. The average Bonchev–Trinajstić information content (AvgIpc) is 3.08. The summed E-state index contributed by atoms with van der Waals surface area (Å²) in [6.07, 6.45) is 2.79. The number of nitrogens with two attached hydrogens (primary N) is 1. The summed E-state index contributed by atoms with van der Waals surface area (Å²) in [6, 6.07) is 16.5. The molecule has 2 aromatic carbocycles. The Morgan fingerprint density at radius 2 is 2.04 bits per heavy atom. The van der Waals surface area contributed by atoms with Crippen molar-refractivity contribution in [2.75, 3.05) is 13.2 Å². The van der Waals surface area contributed by atoms with Crippen molar-refractivity contribution < 1.29 is 14.8 Å². The average molecular weight is 377 g/mol. The third-order valence-corrected chi connectivity index (χ3v) is 4.57. The van der Waals surface area contributed by atoms with E-state index >= 15 is 0 Å². The van der Waals surface area contributed by atoms with Gasteiger partial charge in [0.2, 0.25) is 0 Å². The molecule has 2 aromatic rings. The van der Waals surface area contributed by atoms with Crippen molar-refractivity contribution in [3.63, 3.8) is 0 Å². The van der Waals surface area contributed by atoms with Crippen LogP contribution in [0.3, 0.4) is 0 Å². The number of hydrogen-bond donors (Lipinski definition) is 1. The fourth-order valence-corrected chi connectivity index (χ4v) is 3.25. The molecular formula is C19H23BrNO2+. The van der Waals surface area contributed by atoms with Crippen LogP contribution in [0.4, 0.5) is 0 Å². The smallest absolute Gasteiger partial charge is 0.128 e. The highest BCUT2D eigenvalue weighted by Crippen LogP contribution is 2.23. The molecule has 0 aromatic heterocycles. The topological polar surface area (TPSA) is 35.1 Å². The van der Waals surface area contributed by atoms with Crippen LogP contribution in [0.1, 0.15) is 24.0 Å². The maximum atomic E-state index is 6.03. The SMILES string of the molecule is Brc1ccc(OCc2ccccc2)c(C[NH2+]C[C@@H]2CCCO2)c1. The summed E-state index contributed by atoms with van der Waals surface area (Å²) in [5.74, 6) is 0.959. The molecule has 2 N–H and O–H groups in total. The lowest BCUT2D eigenvalue weighted by molar-refractivity contribution is -0.676. The van der Waals surface area contributed by atoms with E-state index in [2.05, 4.69) is 39.4 Å². The Kier molecular flexibility index (Phi) is 6.08. The van der Waals surface area contributed by atoms with Gasteiger partial charge >= 0.3 is 0 Å². The molecule has 1 atom stereocenters. The van der Waals surface area contributed by atoms with Crippen LogP contribution >= 0.6 is 15.9 Å². The van der Waals surface area contributed by atoms with Gasteiger partial charge in [-0.1, -0.05) is 46.3 Å². The minimum Gasteiger partial charge on any atom is -0.488 e. The van der Waals surface area contributed by atoms with Gasteiger partial charge in [-0.3, -0.25) is 0 Å². The summed E-state index contributed by atoms with van der Waals surface area (Å²) < 4.78 is 12.8. The molecule has 0 radical (unpaired) electrons. The van der Waals surface area contributed by atoms with E-state index in [1.807, 2.05) is 30.3 Å². The Morgan fingerprint density at radius 1 is 1.17 bits per heavy atom. The zero-order valence-corrected chi connectivity index (χ0v) is 14.8. The fourth-order valence-electron chi connectivity index (χ4n) is 2.84. The summed E-state index contributed by atoms with van der Waals surface area (Å²) in [5.41, 5.74) is 2.40. The van der Waals surface area contributed by atoms with Gasteiger partial charge in [0.15, 0.2) is 0 Å². The van der Waals surface area contributed by atoms with Crippen molar-refractivity contribution in [1.29, 1.82) is 0 Å². The molecule has 0 amide bonds. The predicted molar refractivity (Wildman–Crippen MR) is 94.4 cm³/mol. The lowest BCUT2D eigenvalue weighted by Crippen LogP contribution is -2.84. The number of halogens is 1. The number of rotatable bonds is 7. The monoisotopic (exact) mass is 376 g/mol.